The Bertz CT molecular complexity index is 314. The molecule has 0 aliphatic carbocycles. The number of urea groups is 1. The lowest BCUT2D eigenvalue weighted by Gasteiger charge is -2.13. The summed E-state index contributed by atoms with van der Waals surface area (Å²) in [5.41, 5.74) is 6.15. The highest BCUT2D eigenvalue weighted by molar-refractivity contribution is 9.10. The van der Waals surface area contributed by atoms with Crippen LogP contribution in [0.1, 0.15) is 5.56 Å². The number of amides is 2. The van der Waals surface area contributed by atoms with Crippen LogP contribution >= 0.6 is 15.9 Å². The average Bonchev–Trinajstić information content (AvgIpc) is 2.04. The first-order chi connectivity index (χ1) is 6.09. The number of nitrogens with zero attached hydrogens (tertiary/aromatic N) is 1. The molecule has 70 valence electrons. The maximum Gasteiger partial charge on any atom is 0.314 e. The van der Waals surface area contributed by atoms with Gasteiger partial charge in [0.1, 0.15) is 0 Å². The molecule has 0 aliphatic heterocycles. The molecule has 1 rings (SSSR count). The first-order valence-corrected chi connectivity index (χ1v) is 4.64. The second-order valence-corrected chi connectivity index (χ2v) is 3.74. The second kappa shape index (κ2) is 4.28. The van der Waals surface area contributed by atoms with Gasteiger partial charge in [-0.25, -0.2) is 4.79 Å². The third-order valence-corrected chi connectivity index (χ3v) is 2.18. The molecule has 2 N–H and O–H groups in total. The molecule has 0 aromatic heterocycles. The fraction of sp³-hybridized carbons (Fsp3) is 0.222. The van der Waals surface area contributed by atoms with Crippen molar-refractivity contribution in [2.75, 3.05) is 7.05 Å². The van der Waals surface area contributed by atoms with Gasteiger partial charge in [0.2, 0.25) is 0 Å². The lowest BCUT2D eigenvalue weighted by atomic mass is 10.2. The summed E-state index contributed by atoms with van der Waals surface area (Å²) in [6, 6.07) is 7.35. The number of primary amides is 1. The van der Waals surface area contributed by atoms with Crippen molar-refractivity contribution in [1.82, 2.24) is 4.90 Å². The predicted molar refractivity (Wildman–Crippen MR) is 55.2 cm³/mol. The van der Waals surface area contributed by atoms with Crippen molar-refractivity contribution in [1.29, 1.82) is 0 Å². The molecule has 1 aromatic carbocycles. The Kier molecular flexibility index (Phi) is 3.31. The van der Waals surface area contributed by atoms with Crippen LogP contribution in [0.2, 0.25) is 0 Å². The molecule has 0 heterocycles. The molecule has 0 atom stereocenters. The number of rotatable bonds is 2. The summed E-state index contributed by atoms with van der Waals surface area (Å²) in [7, 11) is 1.67. The Morgan fingerprint density at radius 2 is 2.31 bits per heavy atom. The van der Waals surface area contributed by atoms with E-state index in [0.29, 0.717) is 6.54 Å². The van der Waals surface area contributed by atoms with Crippen molar-refractivity contribution in [3.05, 3.63) is 34.3 Å². The third kappa shape index (κ3) is 3.06. The lowest BCUT2D eigenvalue weighted by molar-refractivity contribution is 0.216. The van der Waals surface area contributed by atoms with E-state index in [0.717, 1.165) is 10.0 Å². The van der Waals surface area contributed by atoms with E-state index >= 15 is 0 Å². The van der Waals surface area contributed by atoms with E-state index in [-0.39, 0.29) is 0 Å². The highest BCUT2D eigenvalue weighted by Crippen LogP contribution is 2.12. The molecule has 2 amide bonds. The molecule has 13 heavy (non-hydrogen) atoms. The van der Waals surface area contributed by atoms with E-state index in [2.05, 4.69) is 15.9 Å². The SMILES string of the molecule is CN(Cc1cccc(Br)c1)C(N)=O. The summed E-state index contributed by atoms with van der Waals surface area (Å²) in [6.45, 7) is 0.536. The predicted octanol–water partition coefficient (Wildman–Crippen LogP) is 1.96. The second-order valence-electron chi connectivity index (χ2n) is 2.82. The van der Waals surface area contributed by atoms with E-state index < -0.39 is 6.03 Å². The van der Waals surface area contributed by atoms with Crippen LogP contribution in [-0.4, -0.2) is 18.0 Å². The molecule has 0 aliphatic rings. The third-order valence-electron chi connectivity index (χ3n) is 1.68. The van der Waals surface area contributed by atoms with Crippen molar-refractivity contribution >= 4 is 22.0 Å². The molecule has 0 spiro atoms. The van der Waals surface area contributed by atoms with Gasteiger partial charge in [-0.2, -0.15) is 0 Å². The zero-order valence-corrected chi connectivity index (χ0v) is 8.91. The number of hydrogen-bond donors (Lipinski definition) is 1. The molecule has 0 fully saturated rings. The molecular weight excluding hydrogens is 232 g/mol. The van der Waals surface area contributed by atoms with Gasteiger partial charge in [-0.3, -0.25) is 0 Å². The van der Waals surface area contributed by atoms with Crippen LogP contribution in [0.4, 0.5) is 4.79 Å². The fourth-order valence-electron chi connectivity index (χ4n) is 0.987. The topological polar surface area (TPSA) is 46.3 Å². The van der Waals surface area contributed by atoms with Crippen LogP contribution in [0.15, 0.2) is 28.7 Å². The van der Waals surface area contributed by atoms with Crippen LogP contribution < -0.4 is 5.73 Å². The van der Waals surface area contributed by atoms with Crippen LogP contribution in [-0.2, 0) is 6.54 Å². The lowest BCUT2D eigenvalue weighted by Crippen LogP contribution is -2.31. The quantitative estimate of drug-likeness (QED) is 0.847. The fourth-order valence-corrected chi connectivity index (χ4v) is 1.43. The van der Waals surface area contributed by atoms with Crippen LogP contribution in [0.3, 0.4) is 0 Å². The minimum atomic E-state index is -0.417. The van der Waals surface area contributed by atoms with Crippen LogP contribution in [0.5, 0.6) is 0 Å². The van der Waals surface area contributed by atoms with Crippen molar-refractivity contribution < 1.29 is 4.79 Å². The van der Waals surface area contributed by atoms with E-state index in [1.807, 2.05) is 24.3 Å². The highest BCUT2D eigenvalue weighted by atomic mass is 79.9. The standard InChI is InChI=1S/C9H11BrN2O/c1-12(9(11)13)6-7-3-2-4-8(10)5-7/h2-5H,6H2,1H3,(H2,11,13). The first-order valence-electron chi connectivity index (χ1n) is 3.84. The number of halogens is 1. The van der Waals surface area contributed by atoms with E-state index in [9.17, 15) is 4.79 Å². The normalized spacial score (nSPS) is 9.69. The maximum absolute atomic E-state index is 10.7. The van der Waals surface area contributed by atoms with E-state index in [4.69, 9.17) is 5.73 Å². The van der Waals surface area contributed by atoms with E-state index in [1.165, 1.54) is 4.90 Å². The summed E-state index contributed by atoms with van der Waals surface area (Å²) >= 11 is 3.35. The van der Waals surface area contributed by atoms with Crippen molar-refractivity contribution in [2.45, 2.75) is 6.54 Å². The molecule has 0 saturated heterocycles. The van der Waals surface area contributed by atoms with Gasteiger partial charge in [0.05, 0.1) is 0 Å². The molecule has 1 aromatic rings. The largest absolute Gasteiger partial charge is 0.351 e. The number of nitrogens with two attached hydrogens (primary N) is 1. The summed E-state index contributed by atoms with van der Waals surface area (Å²) in [6.07, 6.45) is 0. The van der Waals surface area contributed by atoms with Gasteiger partial charge in [0.15, 0.2) is 0 Å². The summed E-state index contributed by atoms with van der Waals surface area (Å²) in [5, 5.41) is 0. The zero-order chi connectivity index (χ0) is 9.84. The Morgan fingerprint density at radius 1 is 1.62 bits per heavy atom. The van der Waals surface area contributed by atoms with Gasteiger partial charge in [0.25, 0.3) is 0 Å². The Balaban J connectivity index is 2.69. The molecule has 0 bridgehead atoms. The number of carbonyl (C=O) groups excluding carboxylic acids is 1. The highest BCUT2D eigenvalue weighted by Gasteiger charge is 2.03. The monoisotopic (exact) mass is 242 g/mol. The average molecular weight is 243 g/mol. The summed E-state index contributed by atoms with van der Waals surface area (Å²) < 4.78 is 1.00. The molecule has 0 unspecified atom stereocenters. The smallest absolute Gasteiger partial charge is 0.314 e. The van der Waals surface area contributed by atoms with Gasteiger partial charge in [-0.15, -0.1) is 0 Å². The summed E-state index contributed by atoms with van der Waals surface area (Å²) in [4.78, 5) is 12.2. The Morgan fingerprint density at radius 3 is 2.85 bits per heavy atom. The van der Waals surface area contributed by atoms with Gasteiger partial charge >= 0.3 is 6.03 Å². The zero-order valence-electron chi connectivity index (χ0n) is 7.33. The molecule has 4 heteroatoms. The van der Waals surface area contributed by atoms with Crippen molar-refractivity contribution in [2.24, 2.45) is 5.73 Å². The maximum atomic E-state index is 10.7. The number of carbonyl (C=O) groups is 1. The van der Waals surface area contributed by atoms with Crippen LogP contribution in [0, 0.1) is 0 Å². The number of benzene rings is 1. The van der Waals surface area contributed by atoms with E-state index in [1.54, 1.807) is 7.05 Å². The summed E-state index contributed by atoms with van der Waals surface area (Å²) in [5.74, 6) is 0. The van der Waals surface area contributed by atoms with Gasteiger partial charge in [0, 0.05) is 18.1 Å². The number of hydrogen-bond acceptors (Lipinski definition) is 1. The van der Waals surface area contributed by atoms with Crippen molar-refractivity contribution in [3.63, 3.8) is 0 Å². The molecule has 0 saturated carbocycles. The van der Waals surface area contributed by atoms with Gasteiger partial charge in [-0.1, -0.05) is 28.1 Å². The molecule has 0 radical (unpaired) electrons. The Hall–Kier alpha value is -1.03. The van der Waals surface area contributed by atoms with Crippen molar-refractivity contribution in [3.8, 4) is 0 Å². The minimum Gasteiger partial charge on any atom is -0.351 e. The van der Waals surface area contributed by atoms with Gasteiger partial charge in [-0.05, 0) is 17.7 Å². The molecular formula is C9H11BrN2O. The van der Waals surface area contributed by atoms with Gasteiger partial charge < -0.3 is 10.6 Å². The Labute approximate surface area is 85.7 Å². The first kappa shape index (κ1) is 10.1. The minimum absolute atomic E-state index is 0.417. The molecule has 3 nitrogen and oxygen atoms in total. The van der Waals surface area contributed by atoms with Crippen LogP contribution in [0.25, 0.3) is 0 Å².